The molecule has 20 heavy (non-hydrogen) atoms. The van der Waals surface area contributed by atoms with Gasteiger partial charge in [-0.25, -0.2) is 4.39 Å². The maximum atomic E-state index is 13.2. The Labute approximate surface area is 116 Å². The normalized spacial score (nSPS) is 22.6. The number of nitrogens with zero attached hydrogens (tertiary/aromatic N) is 1. The molecular formula is C14H17FN2O3. The Morgan fingerprint density at radius 1 is 1.40 bits per heavy atom. The molecule has 1 saturated heterocycles. The zero-order valence-corrected chi connectivity index (χ0v) is 11.2. The summed E-state index contributed by atoms with van der Waals surface area (Å²) in [6.07, 6.45) is 1.28. The van der Waals surface area contributed by atoms with Crippen LogP contribution in [0, 0.1) is 11.7 Å². The summed E-state index contributed by atoms with van der Waals surface area (Å²) in [4.78, 5) is 25.1. The van der Waals surface area contributed by atoms with E-state index >= 15 is 0 Å². The van der Waals surface area contributed by atoms with Gasteiger partial charge in [-0.15, -0.1) is 0 Å². The highest BCUT2D eigenvalue weighted by Gasteiger charge is 2.33. The first-order valence-corrected chi connectivity index (χ1v) is 6.49. The van der Waals surface area contributed by atoms with Gasteiger partial charge in [0, 0.05) is 12.6 Å². The van der Waals surface area contributed by atoms with Crippen LogP contribution in [-0.4, -0.2) is 34.4 Å². The number of phenolic OH excluding ortho intramolecular Hbond substituents is 1. The van der Waals surface area contributed by atoms with Gasteiger partial charge in [-0.05, 0) is 38.0 Å². The molecule has 5 nitrogen and oxygen atoms in total. The number of halogens is 1. The number of primary amides is 1. The Bertz CT molecular complexity index is 547. The van der Waals surface area contributed by atoms with Crippen molar-refractivity contribution in [3.05, 3.63) is 29.6 Å². The minimum absolute atomic E-state index is 0.0826. The molecule has 1 aliphatic heterocycles. The summed E-state index contributed by atoms with van der Waals surface area (Å²) in [5, 5.41) is 9.69. The smallest absolute Gasteiger partial charge is 0.257 e. The summed E-state index contributed by atoms with van der Waals surface area (Å²) in [7, 11) is 0. The number of phenols is 1. The average Bonchev–Trinajstić information content (AvgIpc) is 2.41. The lowest BCUT2D eigenvalue weighted by Gasteiger charge is -2.37. The second-order valence-electron chi connectivity index (χ2n) is 5.14. The largest absolute Gasteiger partial charge is 0.507 e. The number of hydrogen-bond donors (Lipinski definition) is 2. The average molecular weight is 280 g/mol. The summed E-state index contributed by atoms with van der Waals surface area (Å²) in [5.41, 5.74) is 5.19. The molecule has 2 unspecified atom stereocenters. The third kappa shape index (κ3) is 2.74. The van der Waals surface area contributed by atoms with Crippen molar-refractivity contribution in [3.63, 3.8) is 0 Å². The molecule has 1 heterocycles. The molecule has 2 rings (SSSR count). The highest BCUT2D eigenvalue weighted by atomic mass is 19.1. The van der Waals surface area contributed by atoms with Gasteiger partial charge in [0.25, 0.3) is 5.91 Å². The lowest BCUT2D eigenvalue weighted by atomic mass is 9.92. The lowest BCUT2D eigenvalue weighted by molar-refractivity contribution is -0.123. The summed E-state index contributed by atoms with van der Waals surface area (Å²) in [6.45, 7) is 2.05. The van der Waals surface area contributed by atoms with Crippen molar-refractivity contribution in [3.8, 4) is 5.75 Å². The molecule has 1 aromatic carbocycles. The van der Waals surface area contributed by atoms with E-state index in [-0.39, 0.29) is 23.9 Å². The standard InChI is InChI=1S/C14H17FN2O3/c1-8-2-3-9(13(16)19)7-17(8)14(20)11-6-10(15)4-5-12(11)18/h4-6,8-9,18H,2-3,7H2,1H3,(H2,16,19). The van der Waals surface area contributed by atoms with Crippen molar-refractivity contribution < 1.29 is 19.1 Å². The molecule has 0 bridgehead atoms. The molecule has 0 radical (unpaired) electrons. The number of amides is 2. The summed E-state index contributed by atoms with van der Waals surface area (Å²) in [5.74, 6) is -2.20. The van der Waals surface area contributed by atoms with Gasteiger partial charge < -0.3 is 15.7 Å². The minimum Gasteiger partial charge on any atom is -0.507 e. The molecular weight excluding hydrogens is 263 g/mol. The Morgan fingerprint density at radius 2 is 2.10 bits per heavy atom. The number of rotatable bonds is 2. The summed E-state index contributed by atoms with van der Waals surface area (Å²) in [6, 6.07) is 3.14. The highest BCUT2D eigenvalue weighted by Crippen LogP contribution is 2.26. The quantitative estimate of drug-likeness (QED) is 0.855. The SMILES string of the molecule is CC1CCC(C(N)=O)CN1C(=O)c1cc(F)ccc1O. The van der Waals surface area contributed by atoms with E-state index in [1.807, 2.05) is 6.92 Å². The Hall–Kier alpha value is -2.11. The fourth-order valence-corrected chi connectivity index (χ4v) is 2.46. The van der Waals surface area contributed by atoms with Gasteiger partial charge in [0.2, 0.25) is 5.91 Å². The van der Waals surface area contributed by atoms with Crippen LogP contribution in [0.3, 0.4) is 0 Å². The Balaban J connectivity index is 2.26. The van der Waals surface area contributed by atoms with Crippen molar-refractivity contribution in [1.29, 1.82) is 0 Å². The number of benzene rings is 1. The molecule has 0 aliphatic carbocycles. The number of likely N-dealkylation sites (tertiary alicyclic amines) is 1. The second kappa shape index (κ2) is 5.48. The number of hydrogen-bond acceptors (Lipinski definition) is 3. The molecule has 1 fully saturated rings. The molecule has 0 aromatic heterocycles. The fraction of sp³-hybridized carbons (Fsp3) is 0.429. The minimum atomic E-state index is -0.595. The zero-order chi connectivity index (χ0) is 14.9. The van der Waals surface area contributed by atoms with Crippen molar-refractivity contribution in [1.82, 2.24) is 4.90 Å². The van der Waals surface area contributed by atoms with E-state index in [2.05, 4.69) is 0 Å². The van der Waals surface area contributed by atoms with Crippen molar-refractivity contribution in [2.45, 2.75) is 25.8 Å². The second-order valence-corrected chi connectivity index (χ2v) is 5.14. The molecule has 2 amide bonds. The van der Waals surface area contributed by atoms with E-state index in [9.17, 15) is 19.1 Å². The topological polar surface area (TPSA) is 83.6 Å². The maximum Gasteiger partial charge on any atom is 0.257 e. The molecule has 0 saturated carbocycles. The third-order valence-corrected chi connectivity index (χ3v) is 3.73. The van der Waals surface area contributed by atoms with E-state index < -0.39 is 23.5 Å². The van der Waals surface area contributed by atoms with Gasteiger partial charge in [0.05, 0.1) is 11.5 Å². The van der Waals surface area contributed by atoms with Crippen LogP contribution < -0.4 is 5.73 Å². The van der Waals surface area contributed by atoms with Crippen molar-refractivity contribution in [2.75, 3.05) is 6.54 Å². The molecule has 3 N–H and O–H groups in total. The monoisotopic (exact) mass is 280 g/mol. The van der Waals surface area contributed by atoms with Gasteiger partial charge >= 0.3 is 0 Å². The third-order valence-electron chi connectivity index (χ3n) is 3.73. The zero-order valence-electron chi connectivity index (χ0n) is 11.2. The van der Waals surface area contributed by atoms with Gasteiger partial charge in [-0.2, -0.15) is 0 Å². The summed E-state index contributed by atoms with van der Waals surface area (Å²) < 4.78 is 13.2. The number of carbonyl (C=O) groups is 2. The maximum absolute atomic E-state index is 13.2. The Kier molecular flexibility index (Phi) is 3.92. The molecule has 6 heteroatoms. The predicted octanol–water partition coefficient (Wildman–Crippen LogP) is 1.26. The number of carbonyl (C=O) groups excluding carboxylic acids is 2. The van der Waals surface area contributed by atoms with Crippen LogP contribution in [0.15, 0.2) is 18.2 Å². The van der Waals surface area contributed by atoms with E-state index in [1.165, 1.54) is 4.90 Å². The van der Waals surface area contributed by atoms with Crippen LogP contribution in [0.1, 0.15) is 30.1 Å². The summed E-state index contributed by atoms with van der Waals surface area (Å²) >= 11 is 0. The number of piperidine rings is 1. The lowest BCUT2D eigenvalue weighted by Crippen LogP contribution is -2.48. The van der Waals surface area contributed by atoms with Gasteiger partial charge in [-0.1, -0.05) is 0 Å². The molecule has 0 spiro atoms. The highest BCUT2D eigenvalue weighted by molar-refractivity contribution is 5.97. The van der Waals surface area contributed by atoms with E-state index in [0.717, 1.165) is 18.2 Å². The van der Waals surface area contributed by atoms with Crippen LogP contribution in [-0.2, 0) is 4.79 Å². The van der Waals surface area contributed by atoms with Crippen LogP contribution in [0.4, 0.5) is 4.39 Å². The van der Waals surface area contributed by atoms with E-state index in [0.29, 0.717) is 12.8 Å². The van der Waals surface area contributed by atoms with E-state index in [1.54, 1.807) is 0 Å². The first-order chi connectivity index (χ1) is 9.40. The first kappa shape index (κ1) is 14.3. The van der Waals surface area contributed by atoms with Crippen molar-refractivity contribution >= 4 is 11.8 Å². The molecule has 108 valence electrons. The van der Waals surface area contributed by atoms with Crippen molar-refractivity contribution in [2.24, 2.45) is 11.7 Å². The number of aromatic hydroxyl groups is 1. The fourth-order valence-electron chi connectivity index (χ4n) is 2.46. The number of nitrogens with two attached hydrogens (primary N) is 1. The molecule has 2 atom stereocenters. The Morgan fingerprint density at radius 3 is 2.75 bits per heavy atom. The van der Waals surface area contributed by atoms with Crippen LogP contribution in [0.2, 0.25) is 0 Å². The van der Waals surface area contributed by atoms with Crippen LogP contribution in [0.25, 0.3) is 0 Å². The van der Waals surface area contributed by atoms with Gasteiger partial charge in [-0.3, -0.25) is 9.59 Å². The van der Waals surface area contributed by atoms with Gasteiger partial charge in [0.1, 0.15) is 11.6 Å². The molecule has 1 aliphatic rings. The van der Waals surface area contributed by atoms with Crippen LogP contribution in [0.5, 0.6) is 5.75 Å². The van der Waals surface area contributed by atoms with Gasteiger partial charge in [0.15, 0.2) is 0 Å². The molecule has 1 aromatic rings. The first-order valence-electron chi connectivity index (χ1n) is 6.49. The van der Waals surface area contributed by atoms with Crippen LogP contribution >= 0.6 is 0 Å². The predicted molar refractivity (Wildman–Crippen MR) is 70.5 cm³/mol. The van der Waals surface area contributed by atoms with E-state index in [4.69, 9.17) is 5.73 Å².